The topological polar surface area (TPSA) is 29.3 Å². The number of nitrogens with zero attached hydrogens (tertiary/aromatic N) is 1. The van der Waals surface area contributed by atoms with Crippen molar-refractivity contribution in [3.05, 3.63) is 82.9 Å². The minimum atomic E-state index is -5.21. The maximum absolute atomic E-state index is 13.2. The summed E-state index contributed by atoms with van der Waals surface area (Å²) in [6, 6.07) is 0.926. The molecule has 0 heterocycles. The first-order valence-electron chi connectivity index (χ1n) is 9.61. The molecule has 0 fully saturated rings. The first-order valence-corrected chi connectivity index (χ1v) is 9.61. The van der Waals surface area contributed by atoms with Gasteiger partial charge in [-0.25, -0.2) is 0 Å². The summed E-state index contributed by atoms with van der Waals surface area (Å²) < 4.78 is 159. The molecule has 2 N–H and O–H groups in total. The smallest absolute Gasteiger partial charge is 0.340 e. The van der Waals surface area contributed by atoms with Gasteiger partial charge in [0, 0.05) is 24.5 Å². The van der Waals surface area contributed by atoms with Crippen molar-refractivity contribution in [1.82, 2.24) is 4.90 Å². The Kier molecular flexibility index (Phi) is 7.84. The van der Waals surface area contributed by atoms with E-state index in [9.17, 15) is 52.7 Å². The van der Waals surface area contributed by atoms with Gasteiger partial charge in [0.05, 0.1) is 22.3 Å². The van der Waals surface area contributed by atoms with E-state index in [1.807, 2.05) is 0 Å². The van der Waals surface area contributed by atoms with Gasteiger partial charge < -0.3 is 10.6 Å². The highest BCUT2D eigenvalue weighted by atomic mass is 19.4. The summed E-state index contributed by atoms with van der Waals surface area (Å²) in [7, 11) is 0. The number of rotatable bonds is 6. The average molecular weight is 536 g/mol. The van der Waals surface area contributed by atoms with Crippen LogP contribution < -0.4 is 5.73 Å². The molecule has 0 aliphatic rings. The van der Waals surface area contributed by atoms with Gasteiger partial charge in [-0.3, -0.25) is 0 Å². The number of nitrogens with two attached hydrogens (primary N) is 1. The van der Waals surface area contributed by atoms with Crippen LogP contribution >= 0.6 is 0 Å². The molecule has 0 saturated carbocycles. The molecule has 0 atom stereocenters. The van der Waals surface area contributed by atoms with Gasteiger partial charge in [-0.05, 0) is 47.5 Å². The molecule has 2 rings (SSSR count). The zero-order chi connectivity index (χ0) is 27.9. The molecule has 0 aliphatic carbocycles. The number of alkyl halides is 12. The minimum Gasteiger partial charge on any atom is -0.340 e. The molecule has 0 bridgehead atoms. The van der Waals surface area contributed by atoms with Crippen molar-refractivity contribution in [3.63, 3.8) is 0 Å². The highest BCUT2D eigenvalue weighted by molar-refractivity contribution is 5.76. The van der Waals surface area contributed by atoms with Crippen molar-refractivity contribution in [2.45, 2.75) is 24.7 Å². The fraction of sp³-hybridized carbons (Fsp3) is 0.273. The lowest BCUT2D eigenvalue weighted by Gasteiger charge is -2.30. The Morgan fingerprint density at radius 1 is 0.556 bits per heavy atom. The van der Waals surface area contributed by atoms with Gasteiger partial charge in [0.2, 0.25) is 0 Å². The van der Waals surface area contributed by atoms with Crippen LogP contribution in [0.25, 0.3) is 11.4 Å². The van der Waals surface area contributed by atoms with Crippen LogP contribution in [0.4, 0.5) is 52.7 Å². The second kappa shape index (κ2) is 9.71. The monoisotopic (exact) mass is 536 g/mol. The molecule has 0 spiro atoms. The SMILES string of the molecule is C=C(c1cc(C(F)(F)F)cc(C(F)(F)F)c1)N(CCN)C(=C)c1cc(C(F)(F)F)cc(C(F)(F)F)c1. The van der Waals surface area contributed by atoms with Gasteiger partial charge in [0.25, 0.3) is 0 Å². The maximum Gasteiger partial charge on any atom is 0.416 e. The lowest BCUT2D eigenvalue weighted by Crippen LogP contribution is -2.27. The molecule has 14 heteroatoms. The predicted octanol–water partition coefficient (Wildman–Crippen LogP) is 7.66. The molecular formula is C22H16F12N2. The van der Waals surface area contributed by atoms with E-state index in [4.69, 9.17) is 5.73 Å². The van der Waals surface area contributed by atoms with Crippen molar-refractivity contribution in [1.29, 1.82) is 0 Å². The van der Waals surface area contributed by atoms with Crippen LogP contribution in [0.1, 0.15) is 33.4 Å². The minimum absolute atomic E-state index is 0.152. The van der Waals surface area contributed by atoms with Gasteiger partial charge in [-0.1, -0.05) is 13.2 Å². The van der Waals surface area contributed by atoms with E-state index in [1.165, 1.54) is 0 Å². The quantitative estimate of drug-likeness (QED) is 0.384. The fourth-order valence-electron chi connectivity index (χ4n) is 3.12. The van der Waals surface area contributed by atoms with Crippen LogP contribution in [0.5, 0.6) is 0 Å². The van der Waals surface area contributed by atoms with E-state index in [1.54, 1.807) is 0 Å². The Hall–Kier alpha value is -3.16. The molecule has 0 radical (unpaired) electrons. The van der Waals surface area contributed by atoms with Crippen molar-refractivity contribution >= 4 is 11.4 Å². The lowest BCUT2D eigenvalue weighted by molar-refractivity contribution is -0.144. The van der Waals surface area contributed by atoms with E-state index >= 15 is 0 Å². The molecule has 0 unspecified atom stereocenters. The summed E-state index contributed by atoms with van der Waals surface area (Å²) in [5.74, 6) is 0. The Labute approximate surface area is 196 Å². The summed E-state index contributed by atoms with van der Waals surface area (Å²) in [5.41, 5.74) is -4.14. The van der Waals surface area contributed by atoms with E-state index in [0.717, 1.165) is 4.90 Å². The second-order valence-electron chi connectivity index (χ2n) is 7.42. The zero-order valence-corrected chi connectivity index (χ0v) is 17.9. The highest BCUT2D eigenvalue weighted by Crippen LogP contribution is 2.41. The first-order chi connectivity index (χ1) is 16.2. The molecule has 2 nitrogen and oxygen atoms in total. The van der Waals surface area contributed by atoms with Crippen molar-refractivity contribution in [3.8, 4) is 0 Å². The molecule has 2 aromatic carbocycles. The maximum atomic E-state index is 13.2. The molecule has 0 aliphatic heterocycles. The van der Waals surface area contributed by atoms with Gasteiger partial charge in [-0.15, -0.1) is 0 Å². The molecule has 0 saturated heterocycles. The number of benzene rings is 2. The second-order valence-corrected chi connectivity index (χ2v) is 7.42. The van der Waals surface area contributed by atoms with Crippen molar-refractivity contribution in [2.24, 2.45) is 5.73 Å². The van der Waals surface area contributed by atoms with Crippen LogP contribution in [0.15, 0.2) is 49.6 Å². The highest BCUT2D eigenvalue weighted by Gasteiger charge is 2.39. The number of halogens is 12. The van der Waals surface area contributed by atoms with E-state index in [0.29, 0.717) is 24.3 Å². The van der Waals surface area contributed by atoms with E-state index in [-0.39, 0.29) is 18.7 Å². The first kappa shape index (κ1) is 29.1. The average Bonchev–Trinajstić information content (AvgIpc) is 2.73. The fourth-order valence-corrected chi connectivity index (χ4v) is 3.12. The number of hydrogen-bond acceptors (Lipinski definition) is 2. The third-order valence-corrected chi connectivity index (χ3v) is 4.85. The van der Waals surface area contributed by atoms with Crippen LogP contribution in [0.2, 0.25) is 0 Å². The standard InChI is InChI=1S/C22H16F12N2/c1-11(13-5-15(19(23,24)25)9-16(6-13)20(26,27)28)36(4-3-35)12(2)14-7-17(21(29,30)31)10-18(8-14)22(32,33)34/h5-10H,1-4,35H2. The summed E-state index contributed by atoms with van der Waals surface area (Å²) in [6.45, 7) is 5.99. The number of hydrogen-bond donors (Lipinski definition) is 1. The van der Waals surface area contributed by atoms with E-state index in [2.05, 4.69) is 13.2 Å². The Balaban J connectivity index is 2.68. The molecule has 198 valence electrons. The van der Waals surface area contributed by atoms with Gasteiger partial charge in [-0.2, -0.15) is 52.7 Å². The summed E-state index contributed by atoms with van der Waals surface area (Å²) in [6.07, 6.45) is -20.9. The molecule has 2 aromatic rings. The lowest BCUT2D eigenvalue weighted by atomic mass is 9.99. The Morgan fingerprint density at radius 2 is 0.806 bits per heavy atom. The summed E-state index contributed by atoms with van der Waals surface area (Å²) in [5, 5.41) is 0. The van der Waals surface area contributed by atoms with Crippen LogP contribution in [0, 0.1) is 0 Å². The van der Waals surface area contributed by atoms with Gasteiger partial charge >= 0.3 is 24.7 Å². The van der Waals surface area contributed by atoms with Crippen molar-refractivity contribution < 1.29 is 52.7 Å². The molecule has 0 aromatic heterocycles. The van der Waals surface area contributed by atoms with E-state index < -0.39 is 76.0 Å². The molecular weight excluding hydrogens is 520 g/mol. The summed E-state index contributed by atoms with van der Waals surface area (Å²) >= 11 is 0. The third-order valence-electron chi connectivity index (χ3n) is 4.85. The van der Waals surface area contributed by atoms with Crippen LogP contribution in [0.3, 0.4) is 0 Å². The van der Waals surface area contributed by atoms with Crippen LogP contribution in [-0.2, 0) is 24.7 Å². The normalized spacial score (nSPS) is 13.0. The Bertz CT molecular complexity index is 986. The third kappa shape index (κ3) is 6.74. The summed E-state index contributed by atoms with van der Waals surface area (Å²) in [4.78, 5) is 0.741. The molecule has 0 amide bonds. The van der Waals surface area contributed by atoms with Gasteiger partial charge in [0.15, 0.2) is 0 Å². The van der Waals surface area contributed by atoms with Gasteiger partial charge in [0.1, 0.15) is 0 Å². The molecule has 36 heavy (non-hydrogen) atoms. The van der Waals surface area contributed by atoms with Crippen molar-refractivity contribution in [2.75, 3.05) is 13.1 Å². The zero-order valence-electron chi connectivity index (χ0n) is 17.9. The van der Waals surface area contributed by atoms with Crippen LogP contribution in [-0.4, -0.2) is 18.0 Å². The largest absolute Gasteiger partial charge is 0.416 e. The Morgan fingerprint density at radius 3 is 1.00 bits per heavy atom. The predicted molar refractivity (Wildman–Crippen MR) is 107 cm³/mol.